The van der Waals surface area contributed by atoms with Crippen LogP contribution in [0, 0.1) is 11.8 Å². The van der Waals surface area contributed by atoms with E-state index in [4.69, 9.17) is 5.11 Å². The van der Waals surface area contributed by atoms with Gasteiger partial charge in [0, 0.05) is 0 Å². The van der Waals surface area contributed by atoms with Gasteiger partial charge in [-0.1, -0.05) is 72.5 Å². The van der Waals surface area contributed by atoms with Crippen LogP contribution in [0.15, 0.2) is 48.5 Å². The van der Waals surface area contributed by atoms with E-state index in [0.717, 1.165) is 0 Å². The third-order valence-electron chi connectivity index (χ3n) is 3.38. The summed E-state index contributed by atoms with van der Waals surface area (Å²) < 4.78 is 0. The van der Waals surface area contributed by atoms with Crippen LogP contribution in [0.2, 0.25) is 0 Å². The Morgan fingerprint density at radius 1 is 0.842 bits per heavy atom. The van der Waals surface area contributed by atoms with E-state index in [0.29, 0.717) is 0 Å². The molecule has 0 atom stereocenters. The highest BCUT2D eigenvalue weighted by molar-refractivity contribution is 5.77. The van der Waals surface area contributed by atoms with Gasteiger partial charge in [0.05, 0.1) is 5.92 Å². The summed E-state index contributed by atoms with van der Waals surface area (Å²) in [5, 5.41) is 8.97. The molecular formula is C18H14O. The predicted molar refractivity (Wildman–Crippen MR) is 78.5 cm³/mol. The van der Waals surface area contributed by atoms with Gasteiger partial charge in [0.25, 0.3) is 0 Å². The number of hydrogen-bond acceptors (Lipinski definition) is 1. The van der Waals surface area contributed by atoms with Crippen molar-refractivity contribution in [2.24, 2.45) is 0 Å². The Morgan fingerprint density at radius 3 is 1.89 bits per heavy atom. The second-order valence-corrected chi connectivity index (χ2v) is 4.50. The van der Waals surface area contributed by atoms with E-state index in [1.54, 1.807) is 0 Å². The van der Waals surface area contributed by atoms with Gasteiger partial charge in [-0.05, 0) is 22.3 Å². The fraction of sp³-hybridized carbons (Fsp3) is 0.111. The molecule has 1 heteroatoms. The molecule has 1 aliphatic carbocycles. The fourth-order valence-corrected chi connectivity index (χ4v) is 2.50. The molecule has 1 nitrogen and oxygen atoms in total. The third-order valence-corrected chi connectivity index (χ3v) is 3.38. The summed E-state index contributed by atoms with van der Waals surface area (Å²) in [5.74, 6) is 6.01. The van der Waals surface area contributed by atoms with E-state index in [-0.39, 0.29) is 12.5 Å². The largest absolute Gasteiger partial charge is 0.384 e. The van der Waals surface area contributed by atoms with Gasteiger partial charge in [0.1, 0.15) is 6.61 Å². The third kappa shape index (κ3) is 2.19. The molecule has 0 aromatic heterocycles. The summed E-state index contributed by atoms with van der Waals surface area (Å²) in [6.07, 6.45) is 4.27. The van der Waals surface area contributed by atoms with Gasteiger partial charge < -0.3 is 5.11 Å². The van der Waals surface area contributed by atoms with Crippen LogP contribution in [0.5, 0.6) is 0 Å². The lowest BCUT2D eigenvalue weighted by atomic mass is 9.88. The lowest BCUT2D eigenvalue weighted by Crippen LogP contribution is -2.01. The summed E-state index contributed by atoms with van der Waals surface area (Å²) in [6, 6.07) is 16.6. The minimum absolute atomic E-state index is 0.0227. The Kier molecular flexibility index (Phi) is 3.18. The Morgan fingerprint density at radius 2 is 1.37 bits per heavy atom. The molecule has 0 fully saturated rings. The fourth-order valence-electron chi connectivity index (χ4n) is 2.50. The molecule has 1 N–H and O–H groups in total. The van der Waals surface area contributed by atoms with Crippen LogP contribution in [0.1, 0.15) is 28.2 Å². The molecular weight excluding hydrogens is 232 g/mol. The highest BCUT2D eigenvalue weighted by Gasteiger charge is 2.18. The van der Waals surface area contributed by atoms with Gasteiger partial charge in [-0.25, -0.2) is 0 Å². The molecule has 1 aliphatic rings. The van der Waals surface area contributed by atoms with Crippen molar-refractivity contribution in [2.75, 3.05) is 6.61 Å². The van der Waals surface area contributed by atoms with Gasteiger partial charge in [0.15, 0.2) is 0 Å². The van der Waals surface area contributed by atoms with Crippen molar-refractivity contribution in [3.8, 4) is 11.8 Å². The van der Waals surface area contributed by atoms with Crippen LogP contribution in [0.4, 0.5) is 0 Å². The number of fused-ring (bicyclic) bond motifs is 2. The SMILES string of the molecule is OCC#CC1c2ccccc2C=Cc2ccccc21. The molecule has 3 rings (SSSR count). The maximum absolute atomic E-state index is 8.97. The topological polar surface area (TPSA) is 20.2 Å². The van der Waals surface area contributed by atoms with Gasteiger partial charge >= 0.3 is 0 Å². The van der Waals surface area contributed by atoms with Crippen molar-refractivity contribution in [1.29, 1.82) is 0 Å². The normalized spacial score (nSPS) is 12.9. The zero-order valence-electron chi connectivity index (χ0n) is 10.5. The first-order chi connectivity index (χ1) is 9.40. The Bertz CT molecular complexity index is 637. The number of hydrogen-bond donors (Lipinski definition) is 1. The van der Waals surface area contributed by atoms with Crippen LogP contribution >= 0.6 is 0 Å². The molecule has 92 valence electrons. The highest BCUT2D eigenvalue weighted by atomic mass is 16.2. The van der Waals surface area contributed by atoms with Crippen LogP contribution < -0.4 is 0 Å². The zero-order chi connectivity index (χ0) is 13.1. The van der Waals surface area contributed by atoms with Crippen LogP contribution in [0.3, 0.4) is 0 Å². The Labute approximate surface area is 113 Å². The van der Waals surface area contributed by atoms with Crippen molar-refractivity contribution in [3.05, 3.63) is 70.8 Å². The molecule has 19 heavy (non-hydrogen) atoms. The highest BCUT2D eigenvalue weighted by Crippen LogP contribution is 2.33. The molecule has 0 saturated heterocycles. The van der Waals surface area contributed by atoms with E-state index < -0.39 is 0 Å². The molecule has 2 aromatic rings. The van der Waals surface area contributed by atoms with E-state index in [9.17, 15) is 0 Å². The monoisotopic (exact) mass is 246 g/mol. The summed E-state index contributed by atoms with van der Waals surface area (Å²) in [7, 11) is 0. The standard InChI is InChI=1S/C18H14O/c19-13-5-10-18-16-8-3-1-6-14(16)11-12-15-7-2-4-9-17(15)18/h1-4,6-9,11-12,18-19H,13H2. The van der Waals surface area contributed by atoms with Gasteiger partial charge in [0.2, 0.25) is 0 Å². The lowest BCUT2D eigenvalue weighted by Gasteiger charge is -2.14. The Hall–Kier alpha value is -2.30. The van der Waals surface area contributed by atoms with Crippen molar-refractivity contribution < 1.29 is 5.11 Å². The second-order valence-electron chi connectivity index (χ2n) is 4.50. The summed E-state index contributed by atoms with van der Waals surface area (Å²) in [5.41, 5.74) is 4.78. The quantitative estimate of drug-likeness (QED) is 0.707. The van der Waals surface area contributed by atoms with Crippen molar-refractivity contribution in [1.82, 2.24) is 0 Å². The number of benzene rings is 2. The summed E-state index contributed by atoms with van der Waals surface area (Å²) in [4.78, 5) is 0. The summed E-state index contributed by atoms with van der Waals surface area (Å²) >= 11 is 0. The van der Waals surface area contributed by atoms with Crippen molar-refractivity contribution in [3.63, 3.8) is 0 Å². The van der Waals surface area contributed by atoms with E-state index >= 15 is 0 Å². The molecule has 0 heterocycles. The number of aliphatic hydroxyl groups excluding tert-OH is 1. The second kappa shape index (κ2) is 5.14. The first-order valence-corrected chi connectivity index (χ1v) is 6.35. The van der Waals surface area contributed by atoms with Crippen molar-refractivity contribution >= 4 is 12.2 Å². The molecule has 0 bridgehead atoms. The van der Waals surface area contributed by atoms with E-state index in [1.807, 2.05) is 24.3 Å². The predicted octanol–water partition coefficient (Wildman–Crippen LogP) is 3.30. The first kappa shape index (κ1) is 11.8. The lowest BCUT2D eigenvalue weighted by molar-refractivity contribution is 0.350. The number of aliphatic hydroxyl groups is 1. The van der Waals surface area contributed by atoms with E-state index in [1.165, 1.54) is 22.3 Å². The molecule has 0 unspecified atom stereocenters. The zero-order valence-corrected chi connectivity index (χ0v) is 10.5. The van der Waals surface area contributed by atoms with Crippen LogP contribution in [-0.2, 0) is 0 Å². The number of rotatable bonds is 0. The van der Waals surface area contributed by atoms with Crippen molar-refractivity contribution in [2.45, 2.75) is 5.92 Å². The van der Waals surface area contributed by atoms with Crippen LogP contribution in [-0.4, -0.2) is 11.7 Å². The molecule has 0 saturated carbocycles. The van der Waals surface area contributed by atoms with Gasteiger partial charge in [-0.3, -0.25) is 0 Å². The van der Waals surface area contributed by atoms with Gasteiger partial charge in [-0.2, -0.15) is 0 Å². The maximum Gasteiger partial charge on any atom is 0.104 e. The van der Waals surface area contributed by atoms with Gasteiger partial charge in [-0.15, -0.1) is 0 Å². The molecule has 2 aromatic carbocycles. The summed E-state index contributed by atoms with van der Waals surface area (Å²) in [6.45, 7) is -0.103. The smallest absolute Gasteiger partial charge is 0.104 e. The average Bonchev–Trinajstić information content (AvgIpc) is 2.62. The maximum atomic E-state index is 8.97. The molecule has 0 radical (unpaired) electrons. The molecule has 0 aliphatic heterocycles. The minimum Gasteiger partial charge on any atom is -0.384 e. The average molecular weight is 246 g/mol. The van der Waals surface area contributed by atoms with E-state index in [2.05, 4.69) is 48.3 Å². The minimum atomic E-state index is -0.103. The first-order valence-electron chi connectivity index (χ1n) is 6.35. The van der Waals surface area contributed by atoms with Crippen LogP contribution in [0.25, 0.3) is 12.2 Å². The Balaban J connectivity index is 2.24. The molecule has 0 spiro atoms. The molecule has 0 amide bonds.